The molecule has 4 heterocycles. The van der Waals surface area contributed by atoms with Crippen LogP contribution in [0.4, 0.5) is 10.9 Å². The summed E-state index contributed by atoms with van der Waals surface area (Å²) < 4.78 is 1.51. The second-order valence-corrected chi connectivity index (χ2v) is 11.5. The SMILES string of the molecule is CO/N=C(\C(=O)N[C@@H]1C(=O)N2C(C(=O)O)=C(CSc3nc(N)c4c([n+]3N)CCC4)CS[C@H]12)c1csc(N)n1. The van der Waals surface area contributed by atoms with Crippen molar-refractivity contribution in [2.45, 2.75) is 35.8 Å². The lowest BCUT2D eigenvalue weighted by molar-refractivity contribution is -0.689. The molecule has 38 heavy (non-hydrogen) atoms. The van der Waals surface area contributed by atoms with Gasteiger partial charge in [-0.25, -0.2) is 9.78 Å². The molecule has 1 aliphatic carbocycles. The van der Waals surface area contributed by atoms with E-state index in [9.17, 15) is 19.5 Å². The summed E-state index contributed by atoms with van der Waals surface area (Å²) in [5.41, 5.74) is 14.1. The number of carboxylic acid groups (broad SMARTS) is 1. The number of aliphatic carboxylic acids is 1. The Labute approximate surface area is 228 Å². The Morgan fingerprint density at radius 2 is 2.16 bits per heavy atom. The minimum atomic E-state index is -1.23. The molecule has 2 aliphatic heterocycles. The number of carbonyl (C=O) groups is 3. The van der Waals surface area contributed by atoms with Crippen LogP contribution in [-0.4, -0.2) is 73.5 Å². The number of amides is 2. The molecule has 1 saturated heterocycles. The summed E-state index contributed by atoms with van der Waals surface area (Å²) in [6.45, 7) is 0. The van der Waals surface area contributed by atoms with Gasteiger partial charge in [-0.05, 0) is 35.2 Å². The van der Waals surface area contributed by atoms with Crippen LogP contribution in [0, 0.1) is 0 Å². The molecule has 3 aliphatic rings. The quantitative estimate of drug-likeness (QED) is 0.0488. The first kappa shape index (κ1) is 26.1. The zero-order chi connectivity index (χ0) is 27.1. The third kappa shape index (κ3) is 4.49. The van der Waals surface area contributed by atoms with Crippen LogP contribution in [0.1, 0.15) is 23.4 Å². The molecule has 0 radical (unpaired) electrons. The highest BCUT2D eigenvalue weighted by Gasteiger charge is 2.54. The minimum Gasteiger partial charge on any atom is -0.477 e. The molecule has 8 N–H and O–H groups in total. The Kier molecular flexibility index (Phi) is 7.06. The summed E-state index contributed by atoms with van der Waals surface area (Å²) in [6.07, 6.45) is 2.58. The number of carbonyl (C=O) groups excluding carboxylic acids is 2. The maximum atomic E-state index is 13.0. The number of nitrogen functional groups attached to an aromatic ring is 3. The normalized spacial score (nSPS) is 20.6. The van der Waals surface area contributed by atoms with Gasteiger partial charge in [0.25, 0.3) is 11.8 Å². The van der Waals surface area contributed by atoms with Crippen LogP contribution in [0.2, 0.25) is 0 Å². The molecule has 2 aromatic rings. The van der Waals surface area contributed by atoms with E-state index in [2.05, 4.69) is 20.4 Å². The number of aromatic nitrogens is 3. The molecule has 2 amide bonds. The molecule has 200 valence electrons. The fraction of sp³-hybridized carbons (Fsp3) is 0.381. The Morgan fingerprint density at radius 1 is 1.37 bits per heavy atom. The van der Waals surface area contributed by atoms with Gasteiger partial charge in [0.1, 0.15) is 35.6 Å². The average molecular weight is 579 g/mol. The maximum Gasteiger partial charge on any atom is 0.385 e. The highest BCUT2D eigenvalue weighted by atomic mass is 32.2. The molecule has 0 bridgehead atoms. The summed E-state index contributed by atoms with van der Waals surface area (Å²) in [6, 6.07) is -0.946. The summed E-state index contributed by atoms with van der Waals surface area (Å²) in [4.78, 5) is 52.6. The van der Waals surface area contributed by atoms with E-state index in [0.29, 0.717) is 22.3 Å². The van der Waals surface area contributed by atoms with Crippen molar-refractivity contribution in [3.05, 3.63) is 33.6 Å². The van der Waals surface area contributed by atoms with E-state index < -0.39 is 29.2 Å². The number of hydrogen-bond donors (Lipinski definition) is 5. The summed E-state index contributed by atoms with van der Waals surface area (Å²) in [5.74, 6) is 4.81. The van der Waals surface area contributed by atoms with Gasteiger partial charge in [-0.3, -0.25) is 20.3 Å². The Hall–Kier alpha value is -3.57. The number of fused-ring (bicyclic) bond motifs is 2. The van der Waals surface area contributed by atoms with Crippen LogP contribution in [0.15, 0.2) is 27.0 Å². The molecule has 0 saturated carbocycles. The standard InChI is InChI=1S/C21H23N9O5S3/c1-35-28-12(10-7-37-20(23)25-10)16(31)26-13-17(32)29-14(19(33)34)8(5-36-18(13)29)6-38-21-27-15(22)9-3-2-4-11(9)30(21)24/h7,13,18,22H,2-6,24H2,1H3,(H4,23,25,26,31,33,34)/p+1/b28-12-/t13-,18-/m1/s1. The zero-order valence-electron chi connectivity index (χ0n) is 20.0. The fourth-order valence-corrected chi connectivity index (χ4v) is 7.54. The Morgan fingerprint density at radius 3 is 2.84 bits per heavy atom. The number of nitrogens with zero attached hydrogens (tertiary/aromatic N) is 5. The van der Waals surface area contributed by atoms with Crippen molar-refractivity contribution >= 4 is 69.3 Å². The van der Waals surface area contributed by atoms with Crippen molar-refractivity contribution < 1.29 is 29.0 Å². The van der Waals surface area contributed by atoms with E-state index in [4.69, 9.17) is 22.1 Å². The first-order chi connectivity index (χ1) is 18.2. The van der Waals surface area contributed by atoms with Gasteiger partial charge in [0.05, 0.1) is 5.56 Å². The number of thioether (sulfide) groups is 2. The van der Waals surface area contributed by atoms with Gasteiger partial charge in [-0.15, -0.1) is 27.8 Å². The van der Waals surface area contributed by atoms with Crippen molar-refractivity contribution in [3.63, 3.8) is 0 Å². The number of carboxylic acids is 1. The number of rotatable bonds is 8. The van der Waals surface area contributed by atoms with Gasteiger partial charge in [-0.1, -0.05) is 5.16 Å². The summed E-state index contributed by atoms with van der Waals surface area (Å²) in [7, 11) is 1.28. The van der Waals surface area contributed by atoms with Gasteiger partial charge in [0, 0.05) is 23.3 Å². The van der Waals surface area contributed by atoms with E-state index in [1.54, 1.807) is 5.38 Å². The van der Waals surface area contributed by atoms with Crippen molar-refractivity contribution in [2.24, 2.45) is 5.16 Å². The van der Waals surface area contributed by atoms with E-state index >= 15 is 0 Å². The van der Waals surface area contributed by atoms with Crippen molar-refractivity contribution in [3.8, 4) is 0 Å². The van der Waals surface area contributed by atoms with E-state index in [0.717, 1.165) is 41.9 Å². The lowest BCUT2D eigenvalue weighted by atomic mass is 10.0. The maximum absolute atomic E-state index is 13.0. The monoisotopic (exact) mass is 578 g/mol. The number of β-lactam (4-membered cyclic amide) rings is 1. The third-order valence-corrected chi connectivity index (χ3v) is 9.34. The number of nitrogens with one attached hydrogen (secondary N) is 1. The molecule has 17 heteroatoms. The zero-order valence-corrected chi connectivity index (χ0v) is 22.5. The van der Waals surface area contributed by atoms with Gasteiger partial charge in [0.2, 0.25) is 5.82 Å². The van der Waals surface area contributed by atoms with Crippen LogP contribution in [0.5, 0.6) is 0 Å². The number of nitrogens with two attached hydrogens (primary N) is 3. The minimum absolute atomic E-state index is 0.104. The van der Waals surface area contributed by atoms with Gasteiger partial charge < -0.3 is 26.7 Å². The largest absolute Gasteiger partial charge is 0.477 e. The lowest BCUT2D eigenvalue weighted by Crippen LogP contribution is -2.71. The van der Waals surface area contributed by atoms with Crippen LogP contribution in [-0.2, 0) is 32.1 Å². The number of hydrogen-bond acceptors (Lipinski definition) is 13. The molecule has 0 aromatic carbocycles. The molecule has 0 spiro atoms. The topological polar surface area (TPSA) is 216 Å². The first-order valence-electron chi connectivity index (χ1n) is 11.4. The van der Waals surface area contributed by atoms with Crippen molar-refractivity contribution in [1.82, 2.24) is 20.2 Å². The molecular weight excluding hydrogens is 554 g/mol. The first-order valence-corrected chi connectivity index (χ1v) is 14.3. The molecule has 0 unspecified atom stereocenters. The van der Waals surface area contributed by atoms with E-state index in [-0.39, 0.29) is 28.0 Å². The highest BCUT2D eigenvalue weighted by Crippen LogP contribution is 2.41. The Bertz CT molecular complexity index is 1410. The summed E-state index contributed by atoms with van der Waals surface area (Å²) >= 11 is 3.74. The second-order valence-electron chi connectivity index (χ2n) is 8.53. The van der Waals surface area contributed by atoms with Crippen molar-refractivity contribution in [1.29, 1.82) is 0 Å². The smallest absolute Gasteiger partial charge is 0.385 e. The summed E-state index contributed by atoms with van der Waals surface area (Å²) in [5, 5.41) is 18.0. The average Bonchev–Trinajstić information content (AvgIpc) is 3.56. The Balaban J connectivity index is 1.32. The fourth-order valence-electron chi connectivity index (χ4n) is 4.56. The van der Waals surface area contributed by atoms with Crippen LogP contribution in [0.25, 0.3) is 0 Å². The molecular formula is C21H24N9O5S3+. The molecule has 2 aromatic heterocycles. The predicted octanol–water partition coefficient (Wildman–Crippen LogP) is -0.926. The number of oxime groups is 1. The van der Waals surface area contributed by atoms with Gasteiger partial charge in [-0.2, -0.15) is 0 Å². The van der Waals surface area contributed by atoms with Crippen molar-refractivity contribution in [2.75, 3.05) is 35.9 Å². The highest BCUT2D eigenvalue weighted by molar-refractivity contribution is 8.01. The third-order valence-electron chi connectivity index (χ3n) is 6.28. The molecule has 1 fully saturated rings. The predicted molar refractivity (Wildman–Crippen MR) is 142 cm³/mol. The second kappa shape index (κ2) is 10.3. The molecule has 2 atom stereocenters. The van der Waals surface area contributed by atoms with E-state index in [1.807, 2.05) is 0 Å². The van der Waals surface area contributed by atoms with E-state index in [1.165, 1.54) is 40.2 Å². The molecule has 5 rings (SSSR count). The van der Waals surface area contributed by atoms with Gasteiger partial charge in [0.15, 0.2) is 10.8 Å². The molecule has 14 nitrogen and oxygen atoms in total. The number of anilines is 2. The number of thiazole rings is 1. The lowest BCUT2D eigenvalue weighted by Gasteiger charge is -2.49. The van der Waals surface area contributed by atoms with Crippen LogP contribution in [0.3, 0.4) is 0 Å². The van der Waals surface area contributed by atoms with Crippen LogP contribution < -0.4 is 27.3 Å². The van der Waals surface area contributed by atoms with Crippen LogP contribution >= 0.6 is 34.9 Å². The van der Waals surface area contributed by atoms with Gasteiger partial charge >= 0.3 is 11.1 Å².